The quantitative estimate of drug-likeness (QED) is 0.310. The lowest BCUT2D eigenvalue weighted by Crippen LogP contribution is -2.27. The predicted molar refractivity (Wildman–Crippen MR) is 126 cm³/mol. The maximum atomic E-state index is 12.8. The molecule has 0 spiro atoms. The van der Waals surface area contributed by atoms with Crippen LogP contribution in [0.5, 0.6) is 5.75 Å². The number of aliphatic carboxylic acids is 1. The number of anilines is 1. The van der Waals surface area contributed by atoms with Gasteiger partial charge >= 0.3 is 17.8 Å². The molecular formula is C22H17F5N6O5S. The Kier molecular flexibility index (Phi) is 9.16. The van der Waals surface area contributed by atoms with E-state index >= 15 is 0 Å². The number of alkyl halides is 3. The topological polar surface area (TPSA) is 154 Å². The van der Waals surface area contributed by atoms with Crippen molar-refractivity contribution in [1.29, 1.82) is 0 Å². The summed E-state index contributed by atoms with van der Waals surface area (Å²) >= 11 is 1.39. The number of nitrogens with zero attached hydrogens (tertiary/aromatic N) is 4. The van der Waals surface area contributed by atoms with Gasteiger partial charge in [0.25, 0.3) is 12.0 Å². The molecular weight excluding hydrogens is 555 g/mol. The van der Waals surface area contributed by atoms with Crippen LogP contribution in [0.3, 0.4) is 0 Å². The highest BCUT2D eigenvalue weighted by molar-refractivity contribution is 7.12. The second kappa shape index (κ2) is 12.3. The van der Waals surface area contributed by atoms with Gasteiger partial charge in [-0.3, -0.25) is 9.36 Å². The molecule has 3 aromatic heterocycles. The fourth-order valence-corrected chi connectivity index (χ4v) is 3.69. The number of thiophene rings is 1. The number of aromatic nitrogens is 4. The van der Waals surface area contributed by atoms with Crippen molar-refractivity contribution >= 4 is 29.0 Å². The Morgan fingerprint density at radius 3 is 2.62 bits per heavy atom. The number of nitrogens with two attached hydrogens (primary N) is 1. The van der Waals surface area contributed by atoms with Crippen LogP contribution in [0.15, 0.2) is 47.2 Å². The number of ether oxygens (including phenoxy) is 1. The van der Waals surface area contributed by atoms with E-state index in [2.05, 4.69) is 27.2 Å². The molecule has 3 aromatic rings. The smallest absolute Gasteiger partial charge is 0.480 e. The molecule has 0 saturated carbocycles. The fraction of sp³-hybridized carbons (Fsp3) is 0.227. The minimum atomic E-state index is -5.08. The molecule has 0 atom stereocenters. The van der Waals surface area contributed by atoms with Crippen molar-refractivity contribution in [2.24, 2.45) is 5.73 Å². The lowest BCUT2D eigenvalue weighted by atomic mass is 10.2. The number of carboxylic acid groups (broad SMARTS) is 1. The Morgan fingerprint density at radius 2 is 1.97 bits per heavy atom. The van der Waals surface area contributed by atoms with E-state index < -0.39 is 23.9 Å². The summed E-state index contributed by atoms with van der Waals surface area (Å²) in [6, 6.07) is 5.34. The number of hydrogen-bond donors (Lipinski definition) is 3. The number of pyridine rings is 1. The van der Waals surface area contributed by atoms with Crippen molar-refractivity contribution in [1.82, 2.24) is 19.3 Å². The molecule has 39 heavy (non-hydrogen) atoms. The SMILES string of the molecule is NCC(Cn1ncn(Cc2ccc(C#Cc3cnc4c(c3)OCC(=O)N4)s2)c1=O)=C(F)F.O=C(O)C(F)(F)F. The Balaban J connectivity index is 0.000000532. The number of amides is 1. The molecule has 206 valence electrons. The molecule has 0 unspecified atom stereocenters. The standard InChI is InChI=1S/C20H16F2N6O3S.C2HF3O2/c21-18(22)13(6-23)8-28-20(30)27(11-25-28)9-15-4-3-14(32-15)2-1-12-5-16-19(24-7-12)26-17(29)10-31-16;3-2(4,5)1(6)7/h3-5,7,11H,6,8-10,23H2,(H,24,26,29);(H,6,7). The Morgan fingerprint density at radius 1 is 1.26 bits per heavy atom. The van der Waals surface area contributed by atoms with Crippen LogP contribution in [0.1, 0.15) is 15.3 Å². The van der Waals surface area contributed by atoms with Crippen molar-refractivity contribution in [3.63, 3.8) is 0 Å². The van der Waals surface area contributed by atoms with E-state index in [1.165, 1.54) is 28.4 Å². The van der Waals surface area contributed by atoms with E-state index in [-0.39, 0.29) is 37.7 Å². The van der Waals surface area contributed by atoms with Crippen molar-refractivity contribution in [3.05, 3.63) is 68.2 Å². The minimum Gasteiger partial charge on any atom is -0.480 e. The molecule has 1 amide bonds. The van der Waals surface area contributed by atoms with Crippen LogP contribution in [0, 0.1) is 11.8 Å². The van der Waals surface area contributed by atoms with E-state index in [0.717, 1.165) is 14.4 Å². The zero-order chi connectivity index (χ0) is 28.7. The molecule has 0 bridgehead atoms. The maximum absolute atomic E-state index is 12.8. The van der Waals surface area contributed by atoms with Crippen LogP contribution >= 0.6 is 11.3 Å². The van der Waals surface area contributed by atoms with Crippen LogP contribution in [0.2, 0.25) is 0 Å². The fourth-order valence-electron chi connectivity index (χ4n) is 2.83. The normalized spacial score (nSPS) is 12.1. The van der Waals surface area contributed by atoms with Gasteiger partial charge in [-0.2, -0.15) is 27.1 Å². The molecule has 1 aliphatic heterocycles. The van der Waals surface area contributed by atoms with Crippen molar-refractivity contribution in [2.75, 3.05) is 18.5 Å². The lowest BCUT2D eigenvalue weighted by Gasteiger charge is -2.16. The number of fused-ring (bicyclic) bond motifs is 1. The molecule has 0 fully saturated rings. The number of halogens is 5. The van der Waals surface area contributed by atoms with Gasteiger partial charge in [-0.05, 0) is 12.1 Å². The van der Waals surface area contributed by atoms with Crippen LogP contribution in [-0.4, -0.2) is 55.6 Å². The first-order valence-electron chi connectivity index (χ1n) is 10.6. The van der Waals surface area contributed by atoms with E-state index in [4.69, 9.17) is 20.4 Å². The molecule has 0 aromatic carbocycles. The summed E-state index contributed by atoms with van der Waals surface area (Å²) in [5.41, 5.74) is 5.06. The zero-order valence-corrected chi connectivity index (χ0v) is 20.3. The van der Waals surface area contributed by atoms with Gasteiger partial charge in [0.1, 0.15) is 6.33 Å². The van der Waals surface area contributed by atoms with Crippen LogP contribution < -0.4 is 21.5 Å². The second-order valence-electron chi connectivity index (χ2n) is 7.49. The van der Waals surface area contributed by atoms with Crippen LogP contribution in [0.25, 0.3) is 0 Å². The summed E-state index contributed by atoms with van der Waals surface area (Å²) in [6.07, 6.45) is -4.15. The first-order chi connectivity index (χ1) is 18.4. The molecule has 17 heteroatoms. The summed E-state index contributed by atoms with van der Waals surface area (Å²) in [7, 11) is 0. The summed E-state index contributed by atoms with van der Waals surface area (Å²) < 4.78 is 64.9. The molecule has 0 radical (unpaired) electrons. The van der Waals surface area contributed by atoms with Crippen molar-refractivity contribution in [3.8, 4) is 17.6 Å². The third-order valence-corrected chi connectivity index (χ3v) is 5.67. The van der Waals surface area contributed by atoms with E-state index in [1.807, 2.05) is 12.1 Å². The average Bonchev–Trinajstić information content (AvgIpc) is 3.47. The molecule has 11 nitrogen and oxygen atoms in total. The van der Waals surface area contributed by atoms with Gasteiger partial charge in [-0.1, -0.05) is 11.8 Å². The van der Waals surface area contributed by atoms with Gasteiger partial charge < -0.3 is 20.9 Å². The first-order valence-corrected chi connectivity index (χ1v) is 11.4. The van der Waals surface area contributed by atoms with Crippen molar-refractivity contribution in [2.45, 2.75) is 19.3 Å². The van der Waals surface area contributed by atoms with Gasteiger partial charge in [0, 0.05) is 34.8 Å². The highest BCUT2D eigenvalue weighted by Gasteiger charge is 2.38. The van der Waals surface area contributed by atoms with E-state index in [9.17, 15) is 31.5 Å². The van der Waals surface area contributed by atoms with Gasteiger partial charge in [0.15, 0.2) is 18.2 Å². The number of carbonyl (C=O) groups excluding carboxylic acids is 1. The predicted octanol–water partition coefficient (Wildman–Crippen LogP) is 2.02. The van der Waals surface area contributed by atoms with E-state index in [1.54, 1.807) is 6.07 Å². The number of carboxylic acids is 1. The molecule has 0 aliphatic carbocycles. The second-order valence-corrected chi connectivity index (χ2v) is 8.66. The molecule has 1 aliphatic rings. The Hall–Kier alpha value is -4.56. The first kappa shape index (κ1) is 29.0. The molecule has 4 rings (SSSR count). The minimum absolute atomic E-state index is 0.0671. The summed E-state index contributed by atoms with van der Waals surface area (Å²) in [4.78, 5) is 38.3. The van der Waals surface area contributed by atoms with Crippen LogP contribution in [0.4, 0.5) is 27.8 Å². The van der Waals surface area contributed by atoms with Gasteiger partial charge in [-0.25, -0.2) is 19.3 Å². The van der Waals surface area contributed by atoms with Gasteiger partial charge in [0.2, 0.25) is 0 Å². The zero-order valence-electron chi connectivity index (χ0n) is 19.5. The summed E-state index contributed by atoms with van der Waals surface area (Å²) in [6.45, 7) is -0.537. The lowest BCUT2D eigenvalue weighted by molar-refractivity contribution is -0.192. The summed E-state index contributed by atoms with van der Waals surface area (Å²) in [5, 5.41) is 13.6. The van der Waals surface area contributed by atoms with Gasteiger partial charge in [-0.15, -0.1) is 11.3 Å². The highest BCUT2D eigenvalue weighted by Crippen LogP contribution is 2.25. The average molecular weight is 572 g/mol. The van der Waals surface area contributed by atoms with E-state index in [0.29, 0.717) is 17.1 Å². The number of rotatable bonds is 5. The molecule has 4 heterocycles. The number of carbonyl (C=O) groups is 2. The summed E-state index contributed by atoms with van der Waals surface area (Å²) in [5.74, 6) is 3.81. The Labute approximate surface area is 219 Å². The maximum Gasteiger partial charge on any atom is 0.490 e. The third kappa shape index (κ3) is 7.96. The molecule has 0 saturated heterocycles. The highest BCUT2D eigenvalue weighted by atomic mass is 32.1. The third-order valence-electron chi connectivity index (χ3n) is 4.68. The Bertz CT molecular complexity index is 1530. The monoisotopic (exact) mass is 572 g/mol. The van der Waals surface area contributed by atoms with Crippen molar-refractivity contribution < 1.29 is 41.4 Å². The largest absolute Gasteiger partial charge is 0.490 e. The number of nitrogens with one attached hydrogen (secondary N) is 1. The number of hydrogen-bond acceptors (Lipinski definition) is 8. The van der Waals surface area contributed by atoms with Gasteiger partial charge in [0.05, 0.1) is 18.0 Å². The molecule has 4 N–H and O–H groups in total. The van der Waals surface area contributed by atoms with Crippen LogP contribution in [-0.2, 0) is 22.7 Å².